The zero-order chi connectivity index (χ0) is 15.7. The van der Waals surface area contributed by atoms with Crippen molar-refractivity contribution in [2.45, 2.75) is 11.4 Å². The van der Waals surface area contributed by atoms with Gasteiger partial charge in [-0.3, -0.25) is 0 Å². The summed E-state index contributed by atoms with van der Waals surface area (Å²) >= 11 is 7.19. The predicted octanol–water partition coefficient (Wildman–Crippen LogP) is 4.17. The van der Waals surface area contributed by atoms with Crippen LogP contribution in [-0.4, -0.2) is 8.42 Å². The van der Waals surface area contributed by atoms with Crippen LogP contribution in [0.15, 0.2) is 52.7 Å². The molecule has 7 heteroatoms. The number of nitrogens with one attached hydrogen (secondary N) is 1. The van der Waals surface area contributed by atoms with Crippen molar-refractivity contribution in [2.24, 2.45) is 0 Å². The number of sulfonamides is 1. The van der Waals surface area contributed by atoms with Crippen molar-refractivity contribution in [1.29, 1.82) is 0 Å². The summed E-state index contributed by atoms with van der Waals surface area (Å²) in [6, 6.07) is 11.1. The highest BCUT2D eigenvalue weighted by Gasteiger charge is 2.16. The lowest BCUT2D eigenvalue weighted by atomic mass is 10.2. The van der Waals surface area contributed by atoms with Gasteiger partial charge in [-0.05, 0) is 40.6 Å². The van der Waals surface area contributed by atoms with Gasteiger partial charge >= 0.3 is 0 Å². The van der Waals surface area contributed by atoms with Crippen molar-refractivity contribution in [3.8, 4) is 0 Å². The van der Waals surface area contributed by atoms with Crippen LogP contribution in [0.3, 0.4) is 0 Å². The van der Waals surface area contributed by atoms with E-state index in [9.17, 15) is 12.8 Å². The number of hydrogen-bond acceptors (Lipinski definition) is 3. The molecule has 0 atom stereocenters. The first-order valence-corrected chi connectivity index (χ1v) is 9.11. The van der Waals surface area contributed by atoms with Crippen LogP contribution in [-0.2, 0) is 16.6 Å². The standard InChI is InChI=1S/C15H11ClFNO2S2/c16-13-7-11(5-6-14(13)17)22(19,20)18-8-10-9-21-15-4-2-1-3-12(10)15/h1-7,9,18H,8H2. The number of benzene rings is 2. The van der Waals surface area contributed by atoms with E-state index in [1.807, 2.05) is 29.6 Å². The smallest absolute Gasteiger partial charge is 0.207 e. The zero-order valence-corrected chi connectivity index (χ0v) is 13.6. The Morgan fingerprint density at radius 1 is 1.18 bits per heavy atom. The molecular formula is C15H11ClFNO2S2. The zero-order valence-electron chi connectivity index (χ0n) is 11.2. The first-order chi connectivity index (χ1) is 10.5. The second kappa shape index (κ2) is 5.96. The molecule has 0 radical (unpaired) electrons. The molecule has 0 amide bonds. The van der Waals surface area contributed by atoms with E-state index in [1.165, 1.54) is 6.07 Å². The molecule has 0 unspecified atom stereocenters. The fraction of sp³-hybridized carbons (Fsp3) is 0.0667. The van der Waals surface area contributed by atoms with E-state index >= 15 is 0 Å². The largest absolute Gasteiger partial charge is 0.240 e. The number of hydrogen-bond donors (Lipinski definition) is 1. The van der Waals surface area contributed by atoms with Crippen molar-refractivity contribution in [1.82, 2.24) is 4.72 Å². The predicted molar refractivity (Wildman–Crippen MR) is 87.3 cm³/mol. The Hall–Kier alpha value is -1.47. The lowest BCUT2D eigenvalue weighted by Crippen LogP contribution is -2.23. The molecule has 1 aromatic heterocycles. The molecule has 0 aliphatic carbocycles. The van der Waals surface area contributed by atoms with Crippen LogP contribution in [0.4, 0.5) is 4.39 Å². The summed E-state index contributed by atoms with van der Waals surface area (Å²) in [4.78, 5) is -0.0570. The molecule has 0 spiro atoms. The summed E-state index contributed by atoms with van der Waals surface area (Å²) in [5.41, 5.74) is 0.900. The van der Waals surface area contributed by atoms with Crippen LogP contribution in [0, 0.1) is 5.82 Å². The number of halogens is 2. The van der Waals surface area contributed by atoms with Gasteiger partial charge < -0.3 is 0 Å². The fourth-order valence-electron chi connectivity index (χ4n) is 2.07. The minimum atomic E-state index is -3.74. The highest BCUT2D eigenvalue weighted by atomic mass is 35.5. The topological polar surface area (TPSA) is 46.2 Å². The second-order valence-electron chi connectivity index (χ2n) is 4.66. The summed E-state index contributed by atoms with van der Waals surface area (Å²) in [5, 5.41) is 2.72. The van der Waals surface area contributed by atoms with E-state index in [0.29, 0.717) is 0 Å². The first kappa shape index (κ1) is 15.4. The maximum atomic E-state index is 13.1. The van der Waals surface area contributed by atoms with Crippen LogP contribution in [0.2, 0.25) is 5.02 Å². The third-order valence-corrected chi connectivity index (χ3v) is 5.92. The van der Waals surface area contributed by atoms with E-state index in [0.717, 1.165) is 27.8 Å². The van der Waals surface area contributed by atoms with Gasteiger partial charge in [-0.1, -0.05) is 29.8 Å². The van der Waals surface area contributed by atoms with E-state index in [4.69, 9.17) is 11.6 Å². The van der Waals surface area contributed by atoms with Gasteiger partial charge in [0.2, 0.25) is 10.0 Å². The quantitative estimate of drug-likeness (QED) is 0.763. The van der Waals surface area contributed by atoms with Gasteiger partial charge in [-0.2, -0.15) is 0 Å². The van der Waals surface area contributed by atoms with Gasteiger partial charge in [0.1, 0.15) is 5.82 Å². The van der Waals surface area contributed by atoms with Gasteiger partial charge in [-0.15, -0.1) is 11.3 Å². The third-order valence-electron chi connectivity index (χ3n) is 3.22. The average molecular weight is 356 g/mol. The Morgan fingerprint density at radius 2 is 1.95 bits per heavy atom. The van der Waals surface area contributed by atoms with Crippen LogP contribution in [0.1, 0.15) is 5.56 Å². The molecule has 2 aromatic carbocycles. The fourth-order valence-corrected chi connectivity index (χ4v) is 4.31. The molecule has 0 aliphatic rings. The molecule has 3 nitrogen and oxygen atoms in total. The Labute approximate surface area is 136 Å². The molecule has 0 saturated carbocycles. The molecule has 3 rings (SSSR count). The minimum Gasteiger partial charge on any atom is -0.207 e. The maximum absolute atomic E-state index is 13.1. The number of fused-ring (bicyclic) bond motifs is 1. The van der Waals surface area contributed by atoms with Crippen molar-refractivity contribution < 1.29 is 12.8 Å². The minimum absolute atomic E-state index is 0.0570. The van der Waals surface area contributed by atoms with Gasteiger partial charge in [-0.25, -0.2) is 17.5 Å². The molecular weight excluding hydrogens is 345 g/mol. The van der Waals surface area contributed by atoms with Crippen LogP contribution in [0.5, 0.6) is 0 Å². The lowest BCUT2D eigenvalue weighted by molar-refractivity contribution is 0.580. The van der Waals surface area contributed by atoms with E-state index in [1.54, 1.807) is 11.3 Å². The van der Waals surface area contributed by atoms with Crippen molar-refractivity contribution in [2.75, 3.05) is 0 Å². The molecule has 3 aromatic rings. The highest BCUT2D eigenvalue weighted by molar-refractivity contribution is 7.89. The molecule has 0 aliphatic heterocycles. The molecule has 114 valence electrons. The van der Waals surface area contributed by atoms with Gasteiger partial charge in [0.25, 0.3) is 0 Å². The summed E-state index contributed by atoms with van der Waals surface area (Å²) in [7, 11) is -3.74. The molecule has 0 bridgehead atoms. The Bertz CT molecular complexity index is 938. The molecule has 22 heavy (non-hydrogen) atoms. The number of rotatable bonds is 4. The van der Waals surface area contributed by atoms with Crippen molar-refractivity contribution in [3.63, 3.8) is 0 Å². The summed E-state index contributed by atoms with van der Waals surface area (Å²) < 4.78 is 41.2. The van der Waals surface area contributed by atoms with Crippen LogP contribution >= 0.6 is 22.9 Å². The number of thiophene rings is 1. The van der Waals surface area contributed by atoms with E-state index in [-0.39, 0.29) is 16.5 Å². The molecule has 1 heterocycles. The summed E-state index contributed by atoms with van der Waals surface area (Å²) in [6.45, 7) is 0.168. The monoisotopic (exact) mass is 355 g/mol. The maximum Gasteiger partial charge on any atom is 0.240 e. The van der Waals surface area contributed by atoms with Gasteiger partial charge in [0, 0.05) is 11.2 Å². The lowest BCUT2D eigenvalue weighted by Gasteiger charge is -2.07. The Balaban J connectivity index is 1.84. The van der Waals surface area contributed by atoms with Crippen LogP contribution in [0.25, 0.3) is 10.1 Å². The average Bonchev–Trinajstić information content (AvgIpc) is 2.91. The Morgan fingerprint density at radius 3 is 2.73 bits per heavy atom. The highest BCUT2D eigenvalue weighted by Crippen LogP contribution is 2.26. The summed E-state index contributed by atoms with van der Waals surface area (Å²) in [6.07, 6.45) is 0. The van der Waals surface area contributed by atoms with E-state index in [2.05, 4.69) is 4.72 Å². The van der Waals surface area contributed by atoms with Crippen molar-refractivity contribution >= 4 is 43.0 Å². The molecule has 0 saturated heterocycles. The van der Waals surface area contributed by atoms with Gasteiger partial charge in [0.05, 0.1) is 9.92 Å². The first-order valence-electron chi connectivity index (χ1n) is 6.37. The van der Waals surface area contributed by atoms with E-state index < -0.39 is 15.8 Å². The van der Waals surface area contributed by atoms with Crippen LogP contribution < -0.4 is 4.72 Å². The Kier molecular flexibility index (Phi) is 4.18. The SMILES string of the molecule is O=S(=O)(NCc1csc2ccccc12)c1ccc(F)c(Cl)c1. The third kappa shape index (κ3) is 3.01. The summed E-state index contributed by atoms with van der Waals surface area (Å²) in [5.74, 6) is -0.649. The second-order valence-corrected chi connectivity index (χ2v) is 7.74. The normalized spacial score (nSPS) is 11.9. The van der Waals surface area contributed by atoms with Crippen molar-refractivity contribution in [3.05, 3.63) is 64.2 Å². The molecule has 1 N–H and O–H groups in total. The molecule has 0 fully saturated rings. The van der Waals surface area contributed by atoms with Gasteiger partial charge in [0.15, 0.2) is 0 Å².